The second kappa shape index (κ2) is 22.2. The minimum Gasteiger partial charge on any atom is -0.550 e. The van der Waals surface area contributed by atoms with Gasteiger partial charge in [0.1, 0.15) is 36.3 Å². The van der Waals surface area contributed by atoms with Gasteiger partial charge in [-0.2, -0.15) is 4.31 Å². The topological polar surface area (TPSA) is 421 Å². The maximum Gasteiger partial charge on any atom is 0.481 e. The predicted molar refractivity (Wildman–Crippen MR) is 228 cm³/mol. The molecule has 31 heteroatoms. The molecule has 366 valence electrons. The summed E-state index contributed by atoms with van der Waals surface area (Å²) >= 11 is 0.635. The summed E-state index contributed by atoms with van der Waals surface area (Å²) in [4.78, 5) is 114. The predicted octanol–water partition coefficient (Wildman–Crippen LogP) is -0.543. The van der Waals surface area contributed by atoms with E-state index in [9.17, 15) is 72.6 Å². The average Bonchev–Trinajstić information content (AvgIpc) is 3.81. The van der Waals surface area contributed by atoms with Gasteiger partial charge < -0.3 is 60.8 Å². The van der Waals surface area contributed by atoms with Gasteiger partial charge in [-0.05, 0) is 16.8 Å². The molecule has 0 aliphatic carbocycles. The number of ketones is 1. The fourth-order valence-corrected chi connectivity index (χ4v) is 10.0. The van der Waals surface area contributed by atoms with Crippen LogP contribution >= 0.6 is 35.2 Å². The fourth-order valence-electron chi connectivity index (χ4n) is 6.38. The number of hydrogen-bond donors (Lipinski definition) is 9. The van der Waals surface area contributed by atoms with E-state index in [1.54, 1.807) is 30.3 Å². The van der Waals surface area contributed by atoms with Crippen molar-refractivity contribution in [2.24, 2.45) is 11.3 Å². The van der Waals surface area contributed by atoms with Gasteiger partial charge in [0.05, 0.1) is 25.5 Å². The van der Waals surface area contributed by atoms with E-state index in [4.69, 9.17) is 19.5 Å². The summed E-state index contributed by atoms with van der Waals surface area (Å²) in [6.45, 7) is -0.124. The first-order chi connectivity index (χ1) is 31.3. The number of rotatable bonds is 24. The summed E-state index contributed by atoms with van der Waals surface area (Å²) < 4.78 is 62.3. The number of nitrogen functional groups attached to an aromatic ring is 1. The first-order valence-corrected chi connectivity index (χ1v) is 25.1. The van der Waals surface area contributed by atoms with Gasteiger partial charge in [0.25, 0.3) is 0 Å². The Bertz CT molecular complexity index is 2630. The molecule has 67 heavy (non-hydrogen) atoms. The Morgan fingerprint density at radius 2 is 1.66 bits per heavy atom. The van der Waals surface area contributed by atoms with Crippen LogP contribution in [0.15, 0.2) is 55.1 Å². The van der Waals surface area contributed by atoms with Gasteiger partial charge in [-0.1, -0.05) is 62.0 Å². The van der Waals surface area contributed by atoms with Gasteiger partial charge in [0, 0.05) is 48.6 Å². The number of hydrogen-bond acceptors (Lipinski definition) is 21. The molecule has 1 aliphatic heterocycles. The van der Waals surface area contributed by atoms with Gasteiger partial charge in [-0.15, -0.1) is 0 Å². The van der Waals surface area contributed by atoms with Gasteiger partial charge in [-0.25, -0.2) is 28.6 Å². The zero-order valence-corrected chi connectivity index (χ0v) is 38.6. The number of ether oxygens (including phenoxy) is 1. The molecular formula is C36H45N7O20P3S-. The smallest absolute Gasteiger partial charge is 0.481 e. The molecule has 0 spiro atoms. The number of carboxylic acids is 1. The molecule has 1 saturated heterocycles. The number of nitrogens with one attached hydrogen (secondary N) is 2. The molecule has 0 radical (unpaired) electrons. The Morgan fingerprint density at radius 1 is 0.970 bits per heavy atom. The molecular weight excluding hydrogens is 975 g/mol. The SMILES string of the molecule is CC(C)(COP(=O)(O)OP(=O)(O)OC[C@H]1O[C@@H](n2cnc3c(N)ncnc32)[C@H](O)[C@@H]1OP(=O)(O)O)[C@@H](O)C(=O)NCCC(=O)NCCSC(=O)C(CC(=O)[O-])C(=O)c1ccc2ccccc2c1. The molecule has 2 aromatic carbocycles. The Morgan fingerprint density at radius 3 is 2.34 bits per heavy atom. The standard InChI is InChI=1S/C36H46N7O20P3S/c1-36(2,30(49)33(50)39-10-9-24(44)38-11-12-67-35(51)22(14-25(45)46)27(47)21-8-7-19-5-3-4-6-20(19)13-21)16-60-66(57,58)63-65(55,56)59-15-23-29(62-64(52,53)54)28(48)34(61-23)43-18-42-26-31(37)40-17-41-32(26)43/h3-8,13,17-18,22-23,28-30,34,48-49H,9-12,14-16H2,1-2H3,(H,38,44)(H,39,50)(H,45,46)(H,55,56)(H,57,58)(H2,37,40,41)(H2,52,53,54)/p-1/t22?,23-,28-,29-,30+,34-/m1/s1. The number of imidazole rings is 1. The quantitative estimate of drug-likeness (QED) is 0.0184. The Kier molecular flexibility index (Phi) is 17.7. The molecule has 3 heterocycles. The highest BCUT2D eigenvalue weighted by Gasteiger charge is 2.50. The number of aliphatic hydroxyl groups excluding tert-OH is 2. The number of nitrogens with zero attached hydrogens (tertiary/aromatic N) is 4. The minimum absolute atomic E-state index is 0.00874. The zero-order chi connectivity index (χ0) is 49.5. The molecule has 0 bridgehead atoms. The number of aliphatic hydroxyl groups is 2. The van der Waals surface area contributed by atoms with Crippen molar-refractivity contribution in [1.29, 1.82) is 0 Å². The zero-order valence-electron chi connectivity index (χ0n) is 35.1. The third kappa shape index (κ3) is 14.7. The maximum atomic E-state index is 13.1. The number of Topliss-reactive ketones (excluding diaryl/α,β-unsaturated/α-hetero) is 1. The van der Waals surface area contributed by atoms with Crippen molar-refractivity contribution in [1.82, 2.24) is 30.2 Å². The fraction of sp³-hybridized carbons (Fsp3) is 0.444. The lowest BCUT2D eigenvalue weighted by molar-refractivity contribution is -0.306. The number of anilines is 1. The highest BCUT2D eigenvalue weighted by molar-refractivity contribution is 8.13. The molecule has 0 saturated carbocycles. The van der Waals surface area contributed by atoms with Crippen LogP contribution in [0.4, 0.5) is 5.82 Å². The number of phosphoric acid groups is 3. The molecule has 3 unspecified atom stereocenters. The molecule has 8 atom stereocenters. The van der Waals surface area contributed by atoms with Crippen molar-refractivity contribution >= 4 is 91.7 Å². The Hall–Kier alpha value is -4.60. The number of fused-ring (bicyclic) bond motifs is 2. The summed E-state index contributed by atoms with van der Waals surface area (Å²) in [6.07, 6.45) is -8.16. The Balaban J connectivity index is 1.04. The first kappa shape index (κ1) is 53.4. The van der Waals surface area contributed by atoms with Gasteiger partial charge >= 0.3 is 23.5 Å². The van der Waals surface area contributed by atoms with Crippen molar-refractivity contribution in [3.05, 3.63) is 60.7 Å². The van der Waals surface area contributed by atoms with Crippen molar-refractivity contribution in [2.75, 3.05) is 37.8 Å². The van der Waals surface area contributed by atoms with E-state index in [1.807, 2.05) is 6.07 Å². The lowest BCUT2D eigenvalue weighted by Gasteiger charge is -2.30. The summed E-state index contributed by atoms with van der Waals surface area (Å²) in [5.74, 6) is -5.61. The number of phosphoric ester groups is 3. The number of carbonyl (C=O) groups is 5. The summed E-state index contributed by atoms with van der Waals surface area (Å²) in [7, 11) is -16.6. The number of aromatic nitrogens is 4. The number of aliphatic carboxylic acids is 1. The van der Waals surface area contributed by atoms with Crippen molar-refractivity contribution < 1.29 is 95.2 Å². The number of nitrogens with two attached hydrogens (primary N) is 1. The van der Waals surface area contributed by atoms with Gasteiger partial charge in [0.2, 0.25) is 11.8 Å². The molecule has 2 amide bonds. The van der Waals surface area contributed by atoms with Crippen LogP contribution in [-0.2, 0) is 55.5 Å². The molecule has 4 aromatic rings. The van der Waals surface area contributed by atoms with E-state index in [2.05, 4.69) is 34.4 Å². The van der Waals surface area contributed by atoms with Crippen molar-refractivity contribution in [3.8, 4) is 0 Å². The van der Waals surface area contributed by atoms with E-state index >= 15 is 0 Å². The van der Waals surface area contributed by atoms with Crippen LogP contribution in [0.5, 0.6) is 0 Å². The van der Waals surface area contributed by atoms with E-state index < -0.39 is 114 Å². The third-order valence-corrected chi connectivity index (χ3v) is 13.8. The number of thioether (sulfide) groups is 1. The Labute approximate surface area is 383 Å². The van der Waals surface area contributed by atoms with E-state index in [-0.39, 0.29) is 47.8 Å². The summed E-state index contributed by atoms with van der Waals surface area (Å²) in [5.41, 5.74) is 4.29. The second-order valence-corrected chi connectivity index (χ2v) is 20.6. The number of amides is 2. The van der Waals surface area contributed by atoms with Crippen LogP contribution in [0.3, 0.4) is 0 Å². The summed E-state index contributed by atoms with van der Waals surface area (Å²) in [5, 5.41) is 38.5. The van der Waals surface area contributed by atoms with E-state index in [1.165, 1.54) is 19.9 Å². The van der Waals surface area contributed by atoms with Crippen LogP contribution in [0.1, 0.15) is 43.3 Å². The van der Waals surface area contributed by atoms with Crippen LogP contribution in [0.2, 0.25) is 0 Å². The molecule has 27 nitrogen and oxygen atoms in total. The molecule has 5 rings (SSSR count). The van der Waals surface area contributed by atoms with Crippen LogP contribution in [0, 0.1) is 11.3 Å². The molecule has 10 N–H and O–H groups in total. The normalized spacial score (nSPS) is 20.4. The van der Waals surface area contributed by atoms with Crippen molar-refractivity contribution in [2.45, 2.75) is 57.3 Å². The highest BCUT2D eigenvalue weighted by atomic mass is 32.2. The van der Waals surface area contributed by atoms with E-state index in [0.717, 1.165) is 22.6 Å². The molecule has 1 aliphatic rings. The molecule has 1 fully saturated rings. The van der Waals surface area contributed by atoms with Gasteiger partial charge in [-0.3, -0.25) is 37.3 Å². The van der Waals surface area contributed by atoms with Crippen LogP contribution in [-0.4, -0.2) is 134 Å². The third-order valence-electron chi connectivity index (χ3n) is 9.75. The van der Waals surface area contributed by atoms with Crippen LogP contribution < -0.4 is 21.5 Å². The number of benzene rings is 2. The lowest BCUT2D eigenvalue weighted by Crippen LogP contribution is -2.46. The minimum atomic E-state index is -5.63. The average molecular weight is 1020 g/mol. The molecule has 2 aromatic heterocycles. The second-order valence-electron chi connectivity index (χ2n) is 15.3. The van der Waals surface area contributed by atoms with E-state index in [0.29, 0.717) is 17.1 Å². The van der Waals surface area contributed by atoms with Gasteiger partial charge in [0.15, 0.2) is 28.6 Å². The van der Waals surface area contributed by atoms with Crippen LogP contribution in [0.25, 0.3) is 21.9 Å². The number of carbonyl (C=O) groups excluding carboxylic acids is 5. The van der Waals surface area contributed by atoms with Crippen molar-refractivity contribution in [3.63, 3.8) is 0 Å². The highest BCUT2D eigenvalue weighted by Crippen LogP contribution is 2.61. The number of carboxylic acid groups (broad SMARTS) is 1. The monoisotopic (exact) mass is 1020 g/mol. The summed E-state index contributed by atoms with van der Waals surface area (Å²) in [6, 6.07) is 11.9. The lowest BCUT2D eigenvalue weighted by atomic mass is 9.87. The largest absolute Gasteiger partial charge is 0.550 e. The first-order valence-electron chi connectivity index (χ1n) is 19.6. The maximum absolute atomic E-state index is 13.1.